The number of ether oxygens (including phenoxy) is 1. The van der Waals surface area contributed by atoms with Gasteiger partial charge in [-0.3, -0.25) is 9.69 Å². The first-order valence-corrected chi connectivity index (χ1v) is 6.56. The molecule has 5 heteroatoms. The molecule has 1 saturated heterocycles. The van der Waals surface area contributed by atoms with Crippen LogP contribution in [0.1, 0.15) is 23.6 Å². The number of hydrogen-bond acceptors (Lipinski definition) is 3. The topological polar surface area (TPSA) is 58.6 Å². The van der Waals surface area contributed by atoms with E-state index in [2.05, 4.69) is 11.4 Å². The largest absolute Gasteiger partial charge is 0.382 e. The summed E-state index contributed by atoms with van der Waals surface area (Å²) in [6.07, 6.45) is 0. The summed E-state index contributed by atoms with van der Waals surface area (Å²) in [5.74, 6) is -0.247. The highest BCUT2D eigenvalue weighted by atomic mass is 16.5. The molecule has 1 atom stereocenters. The highest BCUT2D eigenvalue weighted by molar-refractivity contribution is 6.06. The second kappa shape index (κ2) is 5.25. The predicted octanol–water partition coefficient (Wildman–Crippen LogP) is 1.76. The van der Waals surface area contributed by atoms with Gasteiger partial charge in [0.2, 0.25) is 0 Å². The summed E-state index contributed by atoms with van der Waals surface area (Å²) in [6.45, 7) is 6.13. The molecule has 1 fully saturated rings. The molecule has 0 bridgehead atoms. The number of methoxy groups -OCH3 is 1. The molecule has 5 nitrogen and oxygen atoms in total. The number of rotatable bonds is 4. The van der Waals surface area contributed by atoms with Gasteiger partial charge in [-0.2, -0.15) is 0 Å². The fourth-order valence-electron chi connectivity index (χ4n) is 2.62. The first kappa shape index (κ1) is 14.5. The number of imide groups is 1. The van der Waals surface area contributed by atoms with E-state index in [0.29, 0.717) is 0 Å². The van der Waals surface area contributed by atoms with Crippen molar-refractivity contribution in [1.82, 2.24) is 10.2 Å². The van der Waals surface area contributed by atoms with Crippen molar-refractivity contribution in [3.63, 3.8) is 0 Å². The molecule has 0 spiro atoms. The number of amides is 3. The highest BCUT2D eigenvalue weighted by Gasteiger charge is 2.47. The number of benzene rings is 1. The third-order valence-electron chi connectivity index (χ3n) is 3.40. The van der Waals surface area contributed by atoms with Crippen molar-refractivity contribution in [2.45, 2.75) is 32.9 Å². The maximum absolute atomic E-state index is 12.4. The van der Waals surface area contributed by atoms with Gasteiger partial charge in [0.15, 0.2) is 0 Å². The Morgan fingerprint density at radius 1 is 1.20 bits per heavy atom. The van der Waals surface area contributed by atoms with E-state index in [-0.39, 0.29) is 25.1 Å². The van der Waals surface area contributed by atoms with Crippen molar-refractivity contribution in [3.8, 4) is 0 Å². The van der Waals surface area contributed by atoms with Crippen molar-refractivity contribution in [2.24, 2.45) is 0 Å². The van der Waals surface area contributed by atoms with Crippen molar-refractivity contribution < 1.29 is 14.3 Å². The number of hydrogen-bond donors (Lipinski definition) is 1. The Labute approximate surface area is 118 Å². The van der Waals surface area contributed by atoms with Crippen LogP contribution in [0.3, 0.4) is 0 Å². The molecule has 108 valence electrons. The van der Waals surface area contributed by atoms with Gasteiger partial charge in [0, 0.05) is 7.11 Å². The van der Waals surface area contributed by atoms with Crippen LogP contribution in [-0.4, -0.2) is 36.1 Å². The monoisotopic (exact) mass is 276 g/mol. The van der Waals surface area contributed by atoms with Crippen molar-refractivity contribution >= 4 is 11.9 Å². The Hall–Kier alpha value is -1.88. The minimum absolute atomic E-state index is 0.168. The quantitative estimate of drug-likeness (QED) is 0.852. The Morgan fingerprint density at radius 3 is 2.35 bits per heavy atom. The molecule has 0 unspecified atom stereocenters. The van der Waals surface area contributed by atoms with E-state index in [1.165, 1.54) is 12.0 Å². The molecule has 1 aromatic rings. The van der Waals surface area contributed by atoms with Crippen molar-refractivity contribution in [2.75, 3.05) is 13.7 Å². The first-order chi connectivity index (χ1) is 9.35. The fourth-order valence-corrected chi connectivity index (χ4v) is 2.62. The molecule has 20 heavy (non-hydrogen) atoms. The van der Waals surface area contributed by atoms with Gasteiger partial charge in [-0.05, 0) is 26.3 Å². The first-order valence-electron chi connectivity index (χ1n) is 6.56. The van der Waals surface area contributed by atoms with Gasteiger partial charge in [-0.15, -0.1) is 0 Å². The van der Waals surface area contributed by atoms with Crippen LogP contribution >= 0.6 is 0 Å². The van der Waals surface area contributed by atoms with Crippen LogP contribution in [0.15, 0.2) is 18.2 Å². The summed E-state index contributed by atoms with van der Waals surface area (Å²) in [5, 5.41) is 2.69. The van der Waals surface area contributed by atoms with Crippen LogP contribution < -0.4 is 5.32 Å². The van der Waals surface area contributed by atoms with Gasteiger partial charge < -0.3 is 10.1 Å². The van der Waals surface area contributed by atoms with Crippen LogP contribution in [0.4, 0.5) is 4.79 Å². The average molecular weight is 276 g/mol. The molecule has 1 N–H and O–H groups in total. The number of urea groups is 1. The van der Waals surface area contributed by atoms with E-state index < -0.39 is 5.54 Å². The molecule has 2 rings (SSSR count). The SMILES string of the molecule is COC[C@]1(C)NC(=O)N(Cc2cc(C)cc(C)c2)C1=O. The third kappa shape index (κ3) is 2.67. The zero-order valence-corrected chi connectivity index (χ0v) is 12.3. The Morgan fingerprint density at radius 2 is 1.80 bits per heavy atom. The van der Waals surface area contributed by atoms with E-state index in [9.17, 15) is 9.59 Å². The normalized spacial score (nSPS) is 22.3. The summed E-state index contributed by atoms with van der Waals surface area (Å²) in [5.41, 5.74) is 2.22. The zero-order valence-electron chi connectivity index (χ0n) is 12.3. The second-order valence-electron chi connectivity index (χ2n) is 5.58. The number of nitrogens with zero attached hydrogens (tertiary/aromatic N) is 1. The molecule has 1 aliphatic rings. The molecule has 0 radical (unpaired) electrons. The van der Waals surface area contributed by atoms with Crippen LogP contribution in [0.2, 0.25) is 0 Å². The van der Waals surface area contributed by atoms with Crippen LogP contribution in [0.25, 0.3) is 0 Å². The summed E-state index contributed by atoms with van der Waals surface area (Å²) >= 11 is 0. The third-order valence-corrected chi connectivity index (χ3v) is 3.40. The lowest BCUT2D eigenvalue weighted by Crippen LogP contribution is -2.47. The number of nitrogens with one attached hydrogen (secondary N) is 1. The fraction of sp³-hybridized carbons (Fsp3) is 0.467. The van der Waals surface area contributed by atoms with Crippen LogP contribution in [-0.2, 0) is 16.1 Å². The predicted molar refractivity (Wildman–Crippen MR) is 75.3 cm³/mol. The molecule has 3 amide bonds. The van der Waals surface area contributed by atoms with Gasteiger partial charge >= 0.3 is 6.03 Å². The minimum Gasteiger partial charge on any atom is -0.382 e. The number of carbonyl (C=O) groups is 2. The Balaban J connectivity index is 2.21. The minimum atomic E-state index is -0.968. The van der Waals surface area contributed by atoms with Crippen LogP contribution in [0.5, 0.6) is 0 Å². The number of carbonyl (C=O) groups excluding carboxylic acids is 2. The van der Waals surface area contributed by atoms with Gasteiger partial charge in [-0.1, -0.05) is 29.3 Å². The lowest BCUT2D eigenvalue weighted by atomic mass is 10.0. The van der Waals surface area contributed by atoms with E-state index in [1.54, 1.807) is 6.92 Å². The van der Waals surface area contributed by atoms with Gasteiger partial charge in [0.1, 0.15) is 5.54 Å². The average Bonchev–Trinajstić information content (AvgIpc) is 2.52. The maximum atomic E-state index is 12.4. The second-order valence-corrected chi connectivity index (χ2v) is 5.58. The highest BCUT2D eigenvalue weighted by Crippen LogP contribution is 2.21. The molecule has 1 heterocycles. The zero-order chi connectivity index (χ0) is 14.9. The summed E-state index contributed by atoms with van der Waals surface area (Å²) in [4.78, 5) is 25.6. The van der Waals surface area contributed by atoms with E-state index >= 15 is 0 Å². The molecule has 0 aliphatic carbocycles. The van der Waals surface area contributed by atoms with Crippen molar-refractivity contribution in [3.05, 3.63) is 34.9 Å². The van der Waals surface area contributed by atoms with Crippen molar-refractivity contribution in [1.29, 1.82) is 0 Å². The maximum Gasteiger partial charge on any atom is 0.325 e. The van der Waals surface area contributed by atoms with E-state index in [4.69, 9.17) is 4.74 Å². The van der Waals surface area contributed by atoms with E-state index in [1.807, 2.05) is 26.0 Å². The van der Waals surface area contributed by atoms with Crippen LogP contribution in [0, 0.1) is 13.8 Å². The molecule has 1 aromatic carbocycles. The lowest BCUT2D eigenvalue weighted by Gasteiger charge is -2.20. The van der Waals surface area contributed by atoms with Gasteiger partial charge in [-0.25, -0.2) is 4.79 Å². The molecule has 1 aliphatic heterocycles. The number of aryl methyl sites for hydroxylation is 2. The Kier molecular flexibility index (Phi) is 3.81. The summed E-state index contributed by atoms with van der Waals surface area (Å²) in [7, 11) is 1.51. The summed E-state index contributed by atoms with van der Waals surface area (Å²) < 4.78 is 5.02. The molecular weight excluding hydrogens is 256 g/mol. The standard InChI is InChI=1S/C15H20N2O3/c1-10-5-11(2)7-12(6-10)8-17-13(18)15(3,9-20-4)16-14(17)19/h5-7H,8-9H2,1-4H3,(H,16,19)/t15-/m0/s1. The smallest absolute Gasteiger partial charge is 0.325 e. The van der Waals surface area contributed by atoms with E-state index in [0.717, 1.165) is 16.7 Å². The van der Waals surface area contributed by atoms with Gasteiger partial charge in [0.05, 0.1) is 13.2 Å². The summed E-state index contributed by atoms with van der Waals surface area (Å²) in [6, 6.07) is 5.66. The molecule has 0 aromatic heterocycles. The van der Waals surface area contributed by atoms with Gasteiger partial charge in [0.25, 0.3) is 5.91 Å². The lowest BCUT2D eigenvalue weighted by molar-refractivity contribution is -0.132. The molecule has 0 saturated carbocycles. The molecular formula is C15H20N2O3. The Bertz CT molecular complexity index is 536.